The average molecular weight is 305 g/mol. The van der Waals surface area contributed by atoms with E-state index in [0.29, 0.717) is 36.8 Å². The Labute approximate surface area is 127 Å². The summed E-state index contributed by atoms with van der Waals surface area (Å²) in [6, 6.07) is 10.8. The molecule has 21 heavy (non-hydrogen) atoms. The van der Waals surface area contributed by atoms with Crippen molar-refractivity contribution in [2.75, 3.05) is 19.8 Å². The lowest BCUT2D eigenvalue weighted by Gasteiger charge is -2.19. The highest BCUT2D eigenvalue weighted by atomic mass is 32.2. The van der Waals surface area contributed by atoms with Crippen LogP contribution in [0.15, 0.2) is 46.2 Å². The van der Waals surface area contributed by atoms with Crippen LogP contribution in [0.2, 0.25) is 0 Å². The lowest BCUT2D eigenvalue weighted by atomic mass is 10.1. The zero-order valence-electron chi connectivity index (χ0n) is 11.5. The van der Waals surface area contributed by atoms with Crippen LogP contribution in [0.4, 0.5) is 4.39 Å². The fourth-order valence-electron chi connectivity index (χ4n) is 2.23. The number of hydrogen-bond donors (Lipinski definition) is 1. The lowest BCUT2D eigenvalue weighted by molar-refractivity contribution is 0.171. The normalized spacial score (nSPS) is 13.2. The van der Waals surface area contributed by atoms with Gasteiger partial charge in [0.2, 0.25) is 0 Å². The number of rotatable bonds is 4. The van der Waals surface area contributed by atoms with Gasteiger partial charge >= 0.3 is 0 Å². The van der Waals surface area contributed by atoms with Crippen molar-refractivity contribution in [1.82, 2.24) is 0 Å². The Hall–Kier alpha value is -1.72. The van der Waals surface area contributed by atoms with Crippen LogP contribution in [-0.4, -0.2) is 19.8 Å². The first-order chi connectivity index (χ1) is 10.3. The highest BCUT2D eigenvalue weighted by Crippen LogP contribution is 2.38. The quantitative estimate of drug-likeness (QED) is 0.942. The summed E-state index contributed by atoms with van der Waals surface area (Å²) in [5, 5.41) is 0. The summed E-state index contributed by atoms with van der Waals surface area (Å²) < 4.78 is 25.1. The van der Waals surface area contributed by atoms with Crippen molar-refractivity contribution in [3.8, 4) is 11.5 Å². The van der Waals surface area contributed by atoms with Gasteiger partial charge in [-0.3, -0.25) is 0 Å². The molecule has 0 radical (unpaired) electrons. The standard InChI is InChI=1S/C16H16FNO2S/c17-13-3-1-2-11(6-7-18)16(13)21-12-4-5-14-15(10-12)20-9-8-19-14/h1-5,10H,6-9,18H2. The van der Waals surface area contributed by atoms with Crippen molar-refractivity contribution >= 4 is 11.8 Å². The zero-order valence-corrected chi connectivity index (χ0v) is 12.3. The number of hydrogen-bond acceptors (Lipinski definition) is 4. The van der Waals surface area contributed by atoms with Crippen LogP contribution in [0.5, 0.6) is 11.5 Å². The first kappa shape index (κ1) is 14.2. The van der Waals surface area contributed by atoms with Crippen molar-refractivity contribution in [3.05, 3.63) is 47.8 Å². The maximum atomic E-state index is 14.1. The molecule has 0 unspecified atom stereocenters. The predicted octanol–water partition coefficient (Wildman–Crippen LogP) is 3.25. The van der Waals surface area contributed by atoms with Crippen LogP contribution in [-0.2, 0) is 6.42 Å². The summed E-state index contributed by atoms with van der Waals surface area (Å²) in [5.41, 5.74) is 6.52. The third kappa shape index (κ3) is 3.14. The second-order valence-electron chi connectivity index (χ2n) is 4.67. The van der Waals surface area contributed by atoms with E-state index in [1.54, 1.807) is 6.07 Å². The van der Waals surface area contributed by atoms with Crippen LogP contribution in [0.25, 0.3) is 0 Å². The van der Waals surface area contributed by atoms with Gasteiger partial charge in [-0.05, 0) is 42.8 Å². The number of nitrogens with two attached hydrogens (primary N) is 1. The lowest BCUT2D eigenvalue weighted by Crippen LogP contribution is -2.15. The Balaban J connectivity index is 1.90. The molecule has 0 aromatic heterocycles. The smallest absolute Gasteiger partial charge is 0.162 e. The molecule has 110 valence electrons. The first-order valence-corrected chi connectivity index (χ1v) is 7.64. The van der Waals surface area contributed by atoms with Crippen molar-refractivity contribution in [2.24, 2.45) is 5.73 Å². The van der Waals surface area contributed by atoms with Crippen LogP contribution in [0, 0.1) is 5.82 Å². The van der Waals surface area contributed by atoms with E-state index in [4.69, 9.17) is 15.2 Å². The molecule has 0 amide bonds. The number of ether oxygens (including phenoxy) is 2. The predicted molar refractivity (Wildman–Crippen MR) is 80.7 cm³/mol. The van der Waals surface area contributed by atoms with Crippen LogP contribution < -0.4 is 15.2 Å². The van der Waals surface area contributed by atoms with Crippen LogP contribution in [0.1, 0.15) is 5.56 Å². The Morgan fingerprint density at radius 2 is 1.90 bits per heavy atom. The van der Waals surface area contributed by atoms with Gasteiger partial charge in [-0.1, -0.05) is 23.9 Å². The Bertz CT molecular complexity index is 648. The van der Waals surface area contributed by atoms with Crippen LogP contribution >= 0.6 is 11.8 Å². The molecule has 0 atom stereocenters. The fourth-order valence-corrected chi connectivity index (χ4v) is 3.23. The summed E-state index contributed by atoms with van der Waals surface area (Å²) >= 11 is 1.39. The summed E-state index contributed by atoms with van der Waals surface area (Å²) in [5.74, 6) is 1.23. The Morgan fingerprint density at radius 1 is 1.10 bits per heavy atom. The van der Waals surface area contributed by atoms with E-state index in [1.807, 2.05) is 24.3 Å². The molecular weight excluding hydrogens is 289 g/mol. The molecule has 2 N–H and O–H groups in total. The van der Waals surface area contributed by atoms with E-state index in [-0.39, 0.29) is 5.82 Å². The summed E-state index contributed by atoms with van der Waals surface area (Å²) in [6.07, 6.45) is 0.657. The topological polar surface area (TPSA) is 44.5 Å². The molecule has 2 aromatic rings. The average Bonchev–Trinajstić information content (AvgIpc) is 2.51. The molecule has 0 saturated carbocycles. The van der Waals surface area contributed by atoms with E-state index in [0.717, 1.165) is 16.2 Å². The van der Waals surface area contributed by atoms with Crippen molar-refractivity contribution in [1.29, 1.82) is 0 Å². The van der Waals surface area contributed by atoms with E-state index in [2.05, 4.69) is 0 Å². The van der Waals surface area contributed by atoms with Gasteiger partial charge in [0.25, 0.3) is 0 Å². The van der Waals surface area contributed by atoms with Gasteiger partial charge in [0.05, 0.1) is 4.90 Å². The Kier molecular flexibility index (Phi) is 4.31. The third-order valence-electron chi connectivity index (χ3n) is 3.20. The van der Waals surface area contributed by atoms with Gasteiger partial charge < -0.3 is 15.2 Å². The molecule has 1 aliphatic rings. The molecule has 0 spiro atoms. The second kappa shape index (κ2) is 6.37. The van der Waals surface area contributed by atoms with Crippen LogP contribution in [0.3, 0.4) is 0 Å². The maximum Gasteiger partial charge on any atom is 0.162 e. The van der Waals surface area contributed by atoms with Gasteiger partial charge in [0, 0.05) is 4.90 Å². The molecule has 0 bridgehead atoms. The second-order valence-corrected chi connectivity index (χ2v) is 5.76. The Morgan fingerprint density at radius 3 is 2.71 bits per heavy atom. The van der Waals surface area contributed by atoms with E-state index < -0.39 is 0 Å². The fraction of sp³-hybridized carbons (Fsp3) is 0.250. The molecule has 1 heterocycles. The molecule has 5 heteroatoms. The highest BCUT2D eigenvalue weighted by molar-refractivity contribution is 7.99. The largest absolute Gasteiger partial charge is 0.486 e. The van der Waals surface area contributed by atoms with Gasteiger partial charge in [0.15, 0.2) is 11.5 Å². The third-order valence-corrected chi connectivity index (χ3v) is 4.35. The minimum absolute atomic E-state index is 0.221. The summed E-state index contributed by atoms with van der Waals surface area (Å²) in [6.45, 7) is 1.60. The minimum Gasteiger partial charge on any atom is -0.486 e. The van der Waals surface area contributed by atoms with E-state index >= 15 is 0 Å². The summed E-state index contributed by atoms with van der Waals surface area (Å²) in [7, 11) is 0. The minimum atomic E-state index is -0.221. The van der Waals surface area contributed by atoms with E-state index in [9.17, 15) is 4.39 Å². The molecular formula is C16H16FNO2S. The molecule has 0 fully saturated rings. The van der Waals surface area contributed by atoms with E-state index in [1.165, 1.54) is 17.8 Å². The monoisotopic (exact) mass is 305 g/mol. The maximum absolute atomic E-state index is 14.1. The molecule has 3 rings (SSSR count). The highest BCUT2D eigenvalue weighted by Gasteiger charge is 2.14. The molecule has 0 aliphatic carbocycles. The molecule has 2 aromatic carbocycles. The number of fused-ring (bicyclic) bond motifs is 1. The van der Waals surface area contributed by atoms with Gasteiger partial charge in [0.1, 0.15) is 19.0 Å². The molecule has 1 aliphatic heterocycles. The van der Waals surface area contributed by atoms with Gasteiger partial charge in [-0.15, -0.1) is 0 Å². The van der Waals surface area contributed by atoms with Crippen molar-refractivity contribution < 1.29 is 13.9 Å². The van der Waals surface area contributed by atoms with Crippen molar-refractivity contribution in [2.45, 2.75) is 16.2 Å². The van der Waals surface area contributed by atoms with Gasteiger partial charge in [-0.25, -0.2) is 4.39 Å². The van der Waals surface area contributed by atoms with Crippen molar-refractivity contribution in [3.63, 3.8) is 0 Å². The SMILES string of the molecule is NCCc1cccc(F)c1Sc1ccc2c(c1)OCCO2. The number of halogens is 1. The zero-order chi connectivity index (χ0) is 14.7. The summed E-state index contributed by atoms with van der Waals surface area (Å²) in [4.78, 5) is 1.54. The van der Waals surface area contributed by atoms with Gasteiger partial charge in [-0.2, -0.15) is 0 Å². The number of benzene rings is 2. The molecule has 0 saturated heterocycles. The first-order valence-electron chi connectivity index (χ1n) is 6.83. The molecule has 3 nitrogen and oxygen atoms in total.